The number of nitrogens with one attached hydrogen (secondary N) is 3. The van der Waals surface area contributed by atoms with Crippen molar-refractivity contribution in [2.24, 2.45) is 11.5 Å². The number of ether oxygens (including phenoxy) is 1. The SMILES string of the molecule is C[C@@H](NC(=O)CCCCCN1C(=O)C=CC1=O)C(=O)N[C@@H](Cc1ccccc1)C(=O)N(C(=O)OC(C)(C)C)[C@@H](CCCCN)C(=O)N[C@@H](CCCCN)C(=O)O.O=C(O)C(F)(F)F. The predicted octanol–water partition coefficient (Wildman–Crippen LogP) is 2.30. The molecule has 9 N–H and O–H groups in total. The molecule has 1 heterocycles. The van der Waals surface area contributed by atoms with Gasteiger partial charge in [-0.05, 0) is 97.7 Å². The first-order valence-electron chi connectivity index (χ1n) is 20.4. The molecule has 352 valence electrons. The van der Waals surface area contributed by atoms with E-state index < -0.39 is 77.6 Å². The van der Waals surface area contributed by atoms with Gasteiger partial charge in [-0.2, -0.15) is 13.2 Å². The van der Waals surface area contributed by atoms with Crippen molar-refractivity contribution in [1.29, 1.82) is 0 Å². The Kier molecular flexibility index (Phi) is 23.8. The van der Waals surface area contributed by atoms with Crippen LogP contribution >= 0.6 is 0 Å². The number of nitrogens with two attached hydrogens (primary N) is 2. The number of unbranched alkanes of at least 4 members (excludes halogenated alkanes) is 4. The van der Waals surface area contributed by atoms with Crippen LogP contribution in [0.4, 0.5) is 18.0 Å². The second-order valence-electron chi connectivity index (χ2n) is 15.5. The first kappa shape index (κ1) is 55.1. The standard InChI is InChI=1S/C39H59N7O10.C2HF3O2/c1-26(42-31(47)19-9-6-14-24-45-32(48)20-21-33(45)49)34(50)44-29(25-27-15-7-5-8-16-27)36(52)46(38(55)56-39(2,3)4)30(18-11-13-23-41)35(51)43-28(37(53)54)17-10-12-22-40;3-2(4,5)1(6)7/h5,7-8,15-16,20-21,26,28-30H,6,9-14,17-19,22-25,40-41H2,1-4H3,(H,42,47)(H,43,51)(H,44,50)(H,53,54);(H,6,7)/t26-,28+,29+,30+;/m1./s1. The summed E-state index contributed by atoms with van der Waals surface area (Å²) in [6.45, 7) is 6.97. The fourth-order valence-electron chi connectivity index (χ4n) is 5.84. The highest BCUT2D eigenvalue weighted by Crippen LogP contribution is 2.20. The summed E-state index contributed by atoms with van der Waals surface area (Å²) < 4.78 is 37.3. The van der Waals surface area contributed by atoms with Gasteiger partial charge in [-0.1, -0.05) is 36.8 Å². The van der Waals surface area contributed by atoms with Crippen molar-refractivity contribution in [2.45, 2.75) is 134 Å². The van der Waals surface area contributed by atoms with Crippen molar-refractivity contribution >= 4 is 53.5 Å². The minimum atomic E-state index is -5.08. The van der Waals surface area contributed by atoms with Gasteiger partial charge in [0.1, 0.15) is 29.8 Å². The van der Waals surface area contributed by atoms with Crippen molar-refractivity contribution in [2.75, 3.05) is 19.6 Å². The molecule has 0 unspecified atom stereocenters. The van der Waals surface area contributed by atoms with E-state index in [0.717, 1.165) is 4.90 Å². The highest BCUT2D eigenvalue weighted by molar-refractivity contribution is 6.12. The van der Waals surface area contributed by atoms with E-state index in [1.807, 2.05) is 0 Å². The monoisotopic (exact) mass is 899 g/mol. The van der Waals surface area contributed by atoms with E-state index in [2.05, 4.69) is 16.0 Å². The van der Waals surface area contributed by atoms with Crippen molar-refractivity contribution in [1.82, 2.24) is 25.8 Å². The van der Waals surface area contributed by atoms with E-state index in [0.29, 0.717) is 55.5 Å². The van der Waals surface area contributed by atoms with Gasteiger partial charge < -0.3 is 42.4 Å². The van der Waals surface area contributed by atoms with Crippen molar-refractivity contribution in [3.8, 4) is 0 Å². The molecule has 0 spiro atoms. The molecule has 63 heavy (non-hydrogen) atoms. The molecule has 0 aromatic heterocycles. The van der Waals surface area contributed by atoms with Gasteiger partial charge >= 0.3 is 24.2 Å². The van der Waals surface area contributed by atoms with Crippen LogP contribution in [0.1, 0.15) is 97.5 Å². The Morgan fingerprint density at radius 1 is 0.762 bits per heavy atom. The molecule has 1 aliphatic heterocycles. The first-order valence-corrected chi connectivity index (χ1v) is 20.4. The Labute approximate surface area is 363 Å². The maximum Gasteiger partial charge on any atom is 0.490 e. The van der Waals surface area contributed by atoms with Crippen LogP contribution < -0.4 is 27.4 Å². The quantitative estimate of drug-likeness (QED) is 0.0579. The molecule has 1 aliphatic rings. The largest absolute Gasteiger partial charge is 0.490 e. The molecule has 1 aromatic carbocycles. The zero-order chi connectivity index (χ0) is 47.9. The molecule has 22 heteroatoms. The molecule has 0 saturated heterocycles. The van der Waals surface area contributed by atoms with Crippen molar-refractivity contribution in [3.05, 3.63) is 48.0 Å². The molecule has 0 aliphatic carbocycles. The normalized spacial score (nSPS) is 14.3. The number of halogens is 3. The molecule has 0 radical (unpaired) electrons. The Morgan fingerprint density at radius 3 is 1.81 bits per heavy atom. The fraction of sp³-hybridized carbons (Fsp3) is 0.585. The number of carboxylic acid groups (broad SMARTS) is 2. The van der Waals surface area contributed by atoms with Crippen molar-refractivity contribution in [3.63, 3.8) is 0 Å². The van der Waals surface area contributed by atoms with Crippen LogP contribution in [0.2, 0.25) is 0 Å². The minimum absolute atomic E-state index is 0.0553. The third kappa shape index (κ3) is 21.2. The van der Waals surface area contributed by atoms with Crippen LogP contribution in [-0.2, 0) is 49.5 Å². The maximum atomic E-state index is 14.6. The number of hydrogen-bond acceptors (Lipinski definition) is 12. The van der Waals surface area contributed by atoms with Crippen LogP contribution in [-0.4, -0.2) is 129 Å². The summed E-state index contributed by atoms with van der Waals surface area (Å²) in [4.78, 5) is 115. The van der Waals surface area contributed by atoms with E-state index in [4.69, 9.17) is 26.1 Å². The Morgan fingerprint density at radius 2 is 1.30 bits per heavy atom. The third-order valence-electron chi connectivity index (χ3n) is 9.03. The van der Waals surface area contributed by atoms with Crippen LogP contribution in [0.25, 0.3) is 0 Å². The van der Waals surface area contributed by atoms with Crippen LogP contribution in [0.15, 0.2) is 42.5 Å². The summed E-state index contributed by atoms with van der Waals surface area (Å²) in [6, 6.07) is 3.21. The molecule has 0 bridgehead atoms. The van der Waals surface area contributed by atoms with Crippen molar-refractivity contribution < 1.29 is 71.3 Å². The lowest BCUT2D eigenvalue weighted by atomic mass is 10.0. The Bertz CT molecular complexity index is 1740. The van der Waals surface area contributed by atoms with Gasteiger partial charge in [-0.25, -0.2) is 19.3 Å². The van der Waals surface area contributed by atoms with E-state index in [1.54, 1.807) is 51.1 Å². The molecule has 7 amide bonds. The van der Waals surface area contributed by atoms with E-state index >= 15 is 0 Å². The lowest BCUT2D eigenvalue weighted by molar-refractivity contribution is -0.192. The summed E-state index contributed by atoms with van der Waals surface area (Å²) in [5, 5.41) is 24.8. The van der Waals surface area contributed by atoms with Crippen LogP contribution in [0, 0.1) is 0 Å². The highest BCUT2D eigenvalue weighted by Gasteiger charge is 2.42. The summed E-state index contributed by atoms with van der Waals surface area (Å²) in [5.41, 5.74) is 10.8. The molecule has 2 rings (SSSR count). The Balaban J connectivity index is 0.00000260. The summed E-state index contributed by atoms with van der Waals surface area (Å²) in [5.74, 6) is -7.89. The van der Waals surface area contributed by atoms with Gasteiger partial charge in [0.05, 0.1) is 0 Å². The number of imide groups is 2. The molecule has 1 aromatic rings. The smallest absolute Gasteiger partial charge is 0.480 e. The van der Waals surface area contributed by atoms with Gasteiger partial charge in [0.25, 0.3) is 17.7 Å². The average Bonchev–Trinajstić information content (AvgIpc) is 3.51. The highest BCUT2D eigenvalue weighted by atomic mass is 19.4. The van der Waals surface area contributed by atoms with E-state index in [-0.39, 0.29) is 57.0 Å². The fourth-order valence-corrected chi connectivity index (χ4v) is 5.84. The lowest BCUT2D eigenvalue weighted by Gasteiger charge is -2.34. The van der Waals surface area contributed by atoms with E-state index in [9.17, 15) is 56.6 Å². The number of rotatable bonds is 24. The van der Waals surface area contributed by atoms with Crippen LogP contribution in [0.3, 0.4) is 0 Å². The van der Waals surface area contributed by atoms with Gasteiger partial charge in [0.15, 0.2) is 0 Å². The average molecular weight is 900 g/mol. The second kappa shape index (κ2) is 27.2. The number of benzene rings is 1. The topological polar surface area (TPSA) is 298 Å². The maximum absolute atomic E-state index is 14.6. The minimum Gasteiger partial charge on any atom is -0.480 e. The number of carbonyl (C=O) groups is 9. The zero-order valence-electron chi connectivity index (χ0n) is 35.9. The number of amides is 7. The van der Waals surface area contributed by atoms with Gasteiger partial charge in [-0.3, -0.25) is 33.7 Å². The molecular weight excluding hydrogens is 839 g/mol. The van der Waals surface area contributed by atoms with Gasteiger partial charge in [0.2, 0.25) is 17.7 Å². The lowest BCUT2D eigenvalue weighted by Crippen LogP contribution is -2.61. The second-order valence-corrected chi connectivity index (χ2v) is 15.5. The molecular formula is C41H60F3N7O12. The number of hydrogen-bond donors (Lipinski definition) is 7. The molecule has 0 saturated carbocycles. The summed E-state index contributed by atoms with van der Waals surface area (Å²) in [6.07, 6.45) is -0.825. The van der Waals surface area contributed by atoms with Gasteiger partial charge in [-0.15, -0.1) is 0 Å². The number of aliphatic carboxylic acids is 2. The number of nitrogens with zero attached hydrogens (tertiary/aromatic N) is 2. The van der Waals surface area contributed by atoms with Gasteiger partial charge in [0, 0.05) is 31.5 Å². The number of alkyl halides is 3. The van der Waals surface area contributed by atoms with Crippen LogP contribution in [0.5, 0.6) is 0 Å². The third-order valence-corrected chi connectivity index (χ3v) is 9.03. The molecule has 19 nitrogen and oxygen atoms in total. The first-order chi connectivity index (χ1) is 29.4. The molecule has 4 atom stereocenters. The predicted molar refractivity (Wildman–Crippen MR) is 220 cm³/mol. The summed E-state index contributed by atoms with van der Waals surface area (Å²) in [7, 11) is 0. The van der Waals surface area contributed by atoms with E-state index in [1.165, 1.54) is 19.1 Å². The molecule has 0 fully saturated rings. The Hall–Kier alpha value is -5.90. The number of carboxylic acids is 2. The summed E-state index contributed by atoms with van der Waals surface area (Å²) >= 11 is 0. The number of carbonyl (C=O) groups excluding carboxylic acids is 7. The zero-order valence-corrected chi connectivity index (χ0v) is 35.9.